The first-order valence-corrected chi connectivity index (χ1v) is 13.5. The van der Waals surface area contributed by atoms with Crippen molar-refractivity contribution in [1.29, 1.82) is 5.26 Å². The van der Waals surface area contributed by atoms with Crippen molar-refractivity contribution in [1.82, 2.24) is 19.6 Å². The molecule has 1 saturated carbocycles. The Balaban J connectivity index is 1.49. The number of benzene rings is 1. The molecule has 0 radical (unpaired) electrons. The Morgan fingerprint density at radius 3 is 2.74 bits per heavy atom. The molecular formula is C29H32ClN5O3. The lowest BCUT2D eigenvalue weighted by atomic mass is 9.69. The topological polar surface area (TPSA) is 113 Å². The summed E-state index contributed by atoms with van der Waals surface area (Å²) in [6.45, 7) is 7.61. The van der Waals surface area contributed by atoms with Gasteiger partial charge in [-0.1, -0.05) is 43.5 Å². The number of rotatable bonds is 6. The molecule has 0 saturated heterocycles. The summed E-state index contributed by atoms with van der Waals surface area (Å²) < 4.78 is 7.92. The Bertz CT molecular complexity index is 1480. The van der Waals surface area contributed by atoms with Crippen LogP contribution in [0.1, 0.15) is 81.3 Å². The van der Waals surface area contributed by atoms with Crippen molar-refractivity contribution in [2.24, 2.45) is 5.92 Å². The highest BCUT2D eigenvalue weighted by atomic mass is 35.5. The van der Waals surface area contributed by atoms with E-state index in [0.29, 0.717) is 16.6 Å². The van der Waals surface area contributed by atoms with Gasteiger partial charge in [0.2, 0.25) is 0 Å². The average Bonchev–Trinajstić information content (AvgIpc) is 3.55. The number of nitriles is 1. The molecule has 3 aromatic rings. The fraction of sp³-hybridized carbons (Fsp3) is 0.483. The molecule has 38 heavy (non-hydrogen) atoms. The zero-order valence-corrected chi connectivity index (χ0v) is 22.9. The number of aromatic nitrogens is 4. The zero-order valence-electron chi connectivity index (χ0n) is 22.2. The van der Waals surface area contributed by atoms with E-state index >= 15 is 0 Å². The van der Waals surface area contributed by atoms with Gasteiger partial charge < -0.3 is 9.84 Å². The molecule has 1 aliphatic carbocycles. The Morgan fingerprint density at radius 1 is 1.34 bits per heavy atom. The third kappa shape index (κ3) is 4.54. The summed E-state index contributed by atoms with van der Waals surface area (Å²) >= 11 is 6.66. The van der Waals surface area contributed by atoms with Gasteiger partial charge in [-0.3, -0.25) is 0 Å². The number of halogens is 1. The van der Waals surface area contributed by atoms with Crippen LogP contribution in [0.3, 0.4) is 0 Å². The van der Waals surface area contributed by atoms with Crippen molar-refractivity contribution in [2.75, 3.05) is 0 Å². The van der Waals surface area contributed by atoms with Gasteiger partial charge in [0, 0.05) is 36.2 Å². The van der Waals surface area contributed by atoms with Crippen LogP contribution in [0.5, 0.6) is 0 Å². The number of hydrogen-bond donors (Lipinski definition) is 1. The number of cyclic esters (lactones) is 1. The first-order valence-electron chi connectivity index (χ1n) is 13.1. The quantitative estimate of drug-likeness (QED) is 0.391. The summed E-state index contributed by atoms with van der Waals surface area (Å²) in [6.07, 6.45) is 7.76. The van der Waals surface area contributed by atoms with Crippen LogP contribution in [0, 0.1) is 24.2 Å². The van der Waals surface area contributed by atoms with E-state index in [9.17, 15) is 15.2 Å². The van der Waals surface area contributed by atoms with Crippen LogP contribution >= 0.6 is 11.6 Å². The Morgan fingerprint density at radius 2 is 2.08 bits per heavy atom. The number of hydrogen-bond acceptors (Lipinski definition) is 7. The van der Waals surface area contributed by atoms with E-state index in [1.165, 1.54) is 0 Å². The molecule has 9 heteroatoms. The molecule has 1 aromatic carbocycles. The number of esters is 1. The van der Waals surface area contributed by atoms with Gasteiger partial charge in [0.1, 0.15) is 11.4 Å². The SMILES string of the molecule is Cc1cnc2nc(CC3=C(O)CC(C4CCCC4)(C(C)c4ccc(C(C)(C)C#N)c(Cl)c4)OC3=O)nn2c1. The Hall–Kier alpha value is -3.44. The standard InChI is InChI=1S/C29H32ClN5O3/c1-17-14-32-27-33-25(34-35(27)15-17)12-21-24(36)13-29(38-26(21)37,20-7-5-6-8-20)18(2)19-9-10-22(23(30)11-19)28(3,4)16-31/h9-11,14-15,18,20,36H,5-8,12-13H2,1-4H3. The van der Waals surface area contributed by atoms with Gasteiger partial charge in [0.05, 0.1) is 17.1 Å². The first kappa shape index (κ1) is 26.2. The fourth-order valence-electron chi connectivity index (χ4n) is 5.97. The predicted molar refractivity (Wildman–Crippen MR) is 143 cm³/mol. The van der Waals surface area contributed by atoms with Crippen molar-refractivity contribution in [2.45, 2.75) is 83.2 Å². The zero-order chi connectivity index (χ0) is 27.2. The van der Waals surface area contributed by atoms with Gasteiger partial charge in [-0.15, -0.1) is 5.10 Å². The second-order valence-corrected chi connectivity index (χ2v) is 11.6. The van der Waals surface area contributed by atoms with Crippen molar-refractivity contribution in [3.63, 3.8) is 0 Å². The van der Waals surface area contributed by atoms with E-state index in [0.717, 1.165) is 42.4 Å². The number of aryl methyl sites for hydroxylation is 1. The number of ether oxygens (including phenoxy) is 1. The molecule has 0 amide bonds. The van der Waals surface area contributed by atoms with Gasteiger partial charge in [-0.05, 0) is 62.3 Å². The van der Waals surface area contributed by atoms with Crippen LogP contribution < -0.4 is 0 Å². The smallest absolute Gasteiger partial charge is 0.338 e. The van der Waals surface area contributed by atoms with Crippen molar-refractivity contribution >= 4 is 23.3 Å². The number of nitrogens with zero attached hydrogens (tertiary/aromatic N) is 5. The Labute approximate surface area is 227 Å². The van der Waals surface area contributed by atoms with Gasteiger partial charge in [0.15, 0.2) is 5.82 Å². The highest BCUT2D eigenvalue weighted by molar-refractivity contribution is 6.31. The average molecular weight is 534 g/mol. The van der Waals surface area contributed by atoms with Crippen molar-refractivity contribution in [3.8, 4) is 6.07 Å². The fourth-order valence-corrected chi connectivity index (χ4v) is 6.39. The third-order valence-electron chi connectivity index (χ3n) is 8.25. The molecular weight excluding hydrogens is 502 g/mol. The Kier molecular flexibility index (Phi) is 6.68. The summed E-state index contributed by atoms with van der Waals surface area (Å²) in [5.74, 6) is 0.199. The number of aliphatic hydroxyl groups excluding tert-OH is 1. The van der Waals surface area contributed by atoms with E-state index in [2.05, 4.69) is 21.1 Å². The van der Waals surface area contributed by atoms with Crippen LogP contribution in [0.4, 0.5) is 0 Å². The molecule has 0 spiro atoms. The minimum atomic E-state index is -0.901. The lowest BCUT2D eigenvalue weighted by Crippen LogP contribution is -2.49. The van der Waals surface area contributed by atoms with Crippen molar-refractivity contribution in [3.05, 3.63) is 69.5 Å². The first-order chi connectivity index (χ1) is 18.0. The molecule has 1 fully saturated rings. The van der Waals surface area contributed by atoms with E-state index in [1.54, 1.807) is 10.7 Å². The molecule has 3 heterocycles. The third-order valence-corrected chi connectivity index (χ3v) is 8.56. The van der Waals surface area contributed by atoms with E-state index in [-0.39, 0.29) is 36.0 Å². The number of aliphatic hydroxyl groups is 1. The van der Waals surface area contributed by atoms with E-state index in [1.807, 2.05) is 52.1 Å². The number of carbonyl (C=O) groups excluding carboxylic acids is 1. The molecule has 2 unspecified atom stereocenters. The molecule has 1 N–H and O–H groups in total. The van der Waals surface area contributed by atoms with Gasteiger partial charge in [-0.25, -0.2) is 14.3 Å². The van der Waals surface area contributed by atoms with Crippen LogP contribution in [0.15, 0.2) is 41.9 Å². The maximum atomic E-state index is 13.5. The summed E-state index contributed by atoms with van der Waals surface area (Å²) in [5.41, 5.74) is 1.15. The lowest BCUT2D eigenvalue weighted by molar-refractivity contribution is -0.170. The minimum Gasteiger partial charge on any atom is -0.512 e. The van der Waals surface area contributed by atoms with Gasteiger partial charge in [0.25, 0.3) is 5.78 Å². The summed E-state index contributed by atoms with van der Waals surface area (Å²) in [7, 11) is 0. The summed E-state index contributed by atoms with van der Waals surface area (Å²) in [6, 6.07) is 8.02. The predicted octanol–water partition coefficient (Wildman–Crippen LogP) is 5.92. The van der Waals surface area contributed by atoms with E-state index < -0.39 is 17.0 Å². The normalized spacial score (nSPS) is 21.5. The number of fused-ring (bicyclic) bond motifs is 1. The summed E-state index contributed by atoms with van der Waals surface area (Å²) in [4.78, 5) is 22.2. The molecule has 2 aliphatic rings. The molecule has 2 aromatic heterocycles. The molecule has 5 rings (SSSR count). The molecule has 0 bridgehead atoms. The van der Waals surface area contributed by atoms with Gasteiger partial charge >= 0.3 is 5.97 Å². The van der Waals surface area contributed by atoms with Gasteiger partial charge in [-0.2, -0.15) is 10.2 Å². The monoisotopic (exact) mass is 533 g/mol. The van der Waals surface area contributed by atoms with Crippen LogP contribution in [0.25, 0.3) is 5.78 Å². The minimum absolute atomic E-state index is 0.0244. The maximum absolute atomic E-state index is 13.5. The van der Waals surface area contributed by atoms with E-state index in [4.69, 9.17) is 16.3 Å². The summed E-state index contributed by atoms with van der Waals surface area (Å²) in [5, 5.41) is 25.8. The van der Waals surface area contributed by atoms with Crippen LogP contribution in [-0.4, -0.2) is 36.3 Å². The number of carbonyl (C=O) groups is 1. The van der Waals surface area contributed by atoms with Crippen molar-refractivity contribution < 1.29 is 14.6 Å². The molecule has 198 valence electrons. The highest BCUT2D eigenvalue weighted by Gasteiger charge is 2.52. The second-order valence-electron chi connectivity index (χ2n) is 11.2. The highest BCUT2D eigenvalue weighted by Crippen LogP contribution is 2.51. The maximum Gasteiger partial charge on any atom is 0.338 e. The van der Waals surface area contributed by atoms with Crippen LogP contribution in [-0.2, 0) is 21.4 Å². The lowest BCUT2D eigenvalue weighted by Gasteiger charge is -2.46. The molecule has 8 nitrogen and oxygen atoms in total. The molecule has 2 atom stereocenters. The largest absolute Gasteiger partial charge is 0.512 e. The molecule has 1 aliphatic heterocycles. The second kappa shape index (κ2) is 9.70. The van der Waals surface area contributed by atoms with Crippen LogP contribution in [0.2, 0.25) is 5.02 Å².